The molecule has 0 saturated heterocycles. The van der Waals surface area contributed by atoms with E-state index in [0.29, 0.717) is 5.76 Å². The average molecular weight is 419 g/mol. The van der Waals surface area contributed by atoms with Crippen LogP contribution in [-0.4, -0.2) is 27.5 Å². The van der Waals surface area contributed by atoms with Crippen LogP contribution in [0.3, 0.4) is 0 Å². The maximum absolute atomic E-state index is 12.3. The van der Waals surface area contributed by atoms with Gasteiger partial charge in [-0.2, -0.15) is 0 Å². The van der Waals surface area contributed by atoms with Crippen molar-refractivity contribution >= 4 is 22.0 Å². The maximum atomic E-state index is 12.3. The van der Waals surface area contributed by atoms with Gasteiger partial charge in [-0.05, 0) is 48.5 Å². The first kappa shape index (κ1) is 20.4. The molecular weight excluding hydrogens is 402 g/mol. The van der Waals surface area contributed by atoms with Gasteiger partial charge in [0.15, 0.2) is 0 Å². The smallest absolute Gasteiger partial charge is 0.373 e. The zero-order valence-electron chi connectivity index (χ0n) is 15.3. The molecule has 1 N–H and O–H groups in total. The highest BCUT2D eigenvalue weighted by Gasteiger charge is 2.17. The van der Waals surface area contributed by atoms with Gasteiger partial charge in [-0.3, -0.25) is 0 Å². The monoisotopic (exact) mass is 419 g/mol. The van der Waals surface area contributed by atoms with Crippen molar-refractivity contribution in [2.45, 2.75) is 18.0 Å². The van der Waals surface area contributed by atoms with Crippen molar-refractivity contribution in [2.75, 3.05) is 7.11 Å². The van der Waals surface area contributed by atoms with Crippen molar-refractivity contribution < 1.29 is 36.3 Å². The lowest BCUT2D eigenvalue weighted by atomic mass is 10.2. The first-order chi connectivity index (χ1) is 13.9. The number of ether oxygens (including phenoxy) is 2. The molecule has 1 aromatic carbocycles. The van der Waals surface area contributed by atoms with E-state index in [2.05, 4.69) is 9.46 Å². The predicted molar refractivity (Wildman–Crippen MR) is 98.3 cm³/mol. The second-order valence-electron chi connectivity index (χ2n) is 5.76. The van der Waals surface area contributed by atoms with Gasteiger partial charge in [-0.15, -0.1) is 0 Å². The number of hydrogen-bond donors (Lipinski definition) is 1. The summed E-state index contributed by atoms with van der Waals surface area (Å²) in [5.41, 5.74) is 0.162. The summed E-state index contributed by atoms with van der Waals surface area (Å²) in [6.07, 6.45) is 1.45. The standard InChI is InChI=1S/C19H17NO8S/c1-25-19(22)17-9-6-15(28-17)12-27-18(21)13-4-7-16(8-5-13)29(23,24)20-11-14-3-2-10-26-14/h2-10,20H,11-12H2,1H3. The summed E-state index contributed by atoms with van der Waals surface area (Å²) in [5.74, 6) is -0.578. The van der Waals surface area contributed by atoms with E-state index in [1.165, 1.54) is 49.8 Å². The Bertz CT molecular complexity index is 1080. The molecule has 0 saturated carbocycles. The zero-order valence-corrected chi connectivity index (χ0v) is 16.1. The molecule has 0 amide bonds. The van der Waals surface area contributed by atoms with Gasteiger partial charge in [0.25, 0.3) is 0 Å². The number of sulfonamides is 1. The Morgan fingerprint density at radius 1 is 1.00 bits per heavy atom. The highest BCUT2D eigenvalue weighted by atomic mass is 32.2. The minimum absolute atomic E-state index is 0.00448. The quantitative estimate of drug-likeness (QED) is 0.552. The minimum atomic E-state index is -3.76. The fourth-order valence-electron chi connectivity index (χ4n) is 2.32. The number of carbonyl (C=O) groups is 2. The van der Waals surface area contributed by atoms with Crippen LogP contribution in [-0.2, 0) is 32.6 Å². The van der Waals surface area contributed by atoms with E-state index in [4.69, 9.17) is 13.6 Å². The van der Waals surface area contributed by atoms with E-state index in [-0.39, 0.29) is 35.1 Å². The third-order valence-electron chi connectivity index (χ3n) is 3.81. The lowest BCUT2D eigenvalue weighted by molar-refractivity contribution is 0.0438. The molecule has 3 aromatic rings. The molecule has 0 aliphatic rings. The van der Waals surface area contributed by atoms with Crippen LogP contribution in [0.25, 0.3) is 0 Å². The Labute approximate surface area is 166 Å². The SMILES string of the molecule is COC(=O)c1ccc(COC(=O)c2ccc(S(=O)(=O)NCc3ccco3)cc2)o1. The van der Waals surface area contributed by atoms with Gasteiger partial charge < -0.3 is 18.3 Å². The molecule has 0 bridgehead atoms. The summed E-state index contributed by atoms with van der Waals surface area (Å²) in [6.45, 7) is -0.184. The molecule has 0 fully saturated rings. The lowest BCUT2D eigenvalue weighted by Gasteiger charge is -2.07. The van der Waals surface area contributed by atoms with Crippen LogP contribution in [0.2, 0.25) is 0 Å². The molecule has 9 nitrogen and oxygen atoms in total. The predicted octanol–water partition coefficient (Wildman–Crippen LogP) is 2.49. The fraction of sp³-hybridized carbons (Fsp3) is 0.158. The van der Waals surface area contributed by atoms with Crippen LogP contribution in [0.1, 0.15) is 32.4 Å². The second kappa shape index (κ2) is 8.76. The summed E-state index contributed by atoms with van der Waals surface area (Å²) in [7, 11) is -2.54. The van der Waals surface area contributed by atoms with Gasteiger partial charge >= 0.3 is 11.9 Å². The van der Waals surface area contributed by atoms with Gasteiger partial charge in [0.2, 0.25) is 15.8 Å². The molecule has 0 aliphatic heterocycles. The van der Waals surface area contributed by atoms with Crippen molar-refractivity contribution in [2.24, 2.45) is 0 Å². The van der Waals surface area contributed by atoms with Crippen LogP contribution < -0.4 is 4.72 Å². The zero-order chi connectivity index (χ0) is 20.9. The van der Waals surface area contributed by atoms with Crippen molar-refractivity contribution in [3.8, 4) is 0 Å². The Balaban J connectivity index is 1.58. The summed E-state index contributed by atoms with van der Waals surface area (Å²) in [4.78, 5) is 23.4. The van der Waals surface area contributed by atoms with E-state index in [1.54, 1.807) is 12.1 Å². The number of esters is 2. The number of methoxy groups -OCH3 is 1. The molecule has 0 radical (unpaired) electrons. The van der Waals surface area contributed by atoms with Gasteiger partial charge in [0.05, 0.1) is 30.4 Å². The molecule has 2 aromatic heterocycles. The number of rotatable bonds is 8. The molecule has 0 unspecified atom stereocenters. The topological polar surface area (TPSA) is 125 Å². The summed E-state index contributed by atoms with van der Waals surface area (Å²) < 4.78 is 46.9. The van der Waals surface area contributed by atoms with Gasteiger partial charge in [-0.1, -0.05) is 0 Å². The van der Waals surface area contributed by atoms with Gasteiger partial charge in [0.1, 0.15) is 18.1 Å². The Morgan fingerprint density at radius 3 is 2.41 bits per heavy atom. The van der Waals surface area contributed by atoms with Crippen LogP contribution in [0.5, 0.6) is 0 Å². The average Bonchev–Trinajstić information content (AvgIpc) is 3.42. The number of furan rings is 2. The second-order valence-corrected chi connectivity index (χ2v) is 7.53. The number of benzene rings is 1. The van der Waals surface area contributed by atoms with Crippen LogP contribution in [0.4, 0.5) is 0 Å². The van der Waals surface area contributed by atoms with E-state index in [0.717, 1.165) is 0 Å². The Hall–Kier alpha value is -3.37. The van der Waals surface area contributed by atoms with Gasteiger partial charge in [0, 0.05) is 0 Å². The van der Waals surface area contributed by atoms with Crippen LogP contribution in [0.15, 0.2) is 68.5 Å². The molecule has 0 aliphatic carbocycles. The van der Waals surface area contributed by atoms with Crippen molar-refractivity contribution in [1.29, 1.82) is 0 Å². The summed E-state index contributed by atoms with van der Waals surface area (Å²) in [5, 5.41) is 0. The van der Waals surface area contributed by atoms with Crippen molar-refractivity contribution in [1.82, 2.24) is 4.72 Å². The Kier molecular flexibility index (Phi) is 6.15. The third kappa shape index (κ3) is 5.12. The molecule has 2 heterocycles. The van der Waals surface area contributed by atoms with Crippen molar-refractivity contribution in [3.05, 3.63) is 77.6 Å². The Morgan fingerprint density at radius 2 is 1.76 bits per heavy atom. The summed E-state index contributed by atoms with van der Waals surface area (Å²) in [6, 6.07) is 11.5. The molecule has 0 atom stereocenters. The molecule has 3 rings (SSSR count). The molecule has 10 heteroatoms. The number of carbonyl (C=O) groups excluding carboxylic acids is 2. The highest BCUT2D eigenvalue weighted by molar-refractivity contribution is 7.89. The van der Waals surface area contributed by atoms with E-state index in [1.807, 2.05) is 0 Å². The number of nitrogens with one attached hydrogen (secondary N) is 1. The van der Waals surface area contributed by atoms with E-state index < -0.39 is 22.0 Å². The first-order valence-electron chi connectivity index (χ1n) is 8.35. The largest absolute Gasteiger partial charge is 0.468 e. The highest BCUT2D eigenvalue weighted by Crippen LogP contribution is 2.14. The maximum Gasteiger partial charge on any atom is 0.373 e. The molecule has 152 valence electrons. The molecule has 0 spiro atoms. The molecule has 29 heavy (non-hydrogen) atoms. The van der Waals surface area contributed by atoms with E-state index in [9.17, 15) is 18.0 Å². The summed E-state index contributed by atoms with van der Waals surface area (Å²) >= 11 is 0. The number of hydrogen-bond acceptors (Lipinski definition) is 8. The van der Waals surface area contributed by atoms with Crippen LogP contribution in [0, 0.1) is 0 Å². The lowest BCUT2D eigenvalue weighted by Crippen LogP contribution is -2.23. The third-order valence-corrected chi connectivity index (χ3v) is 5.23. The minimum Gasteiger partial charge on any atom is -0.468 e. The van der Waals surface area contributed by atoms with Crippen LogP contribution >= 0.6 is 0 Å². The first-order valence-corrected chi connectivity index (χ1v) is 9.83. The fourth-order valence-corrected chi connectivity index (χ4v) is 3.31. The molecular formula is C19H17NO8S. The van der Waals surface area contributed by atoms with Crippen molar-refractivity contribution in [3.63, 3.8) is 0 Å². The van der Waals surface area contributed by atoms with Gasteiger partial charge in [-0.25, -0.2) is 22.7 Å². The normalized spacial score (nSPS) is 11.2. The van der Waals surface area contributed by atoms with E-state index >= 15 is 0 Å².